The molecule has 0 amide bonds. The Kier molecular flexibility index (Phi) is 2.68. The Hall–Kier alpha value is -1.42. The van der Waals surface area contributed by atoms with Gasteiger partial charge < -0.3 is 5.11 Å². The van der Waals surface area contributed by atoms with Gasteiger partial charge in [-0.1, -0.05) is 13.8 Å². The van der Waals surface area contributed by atoms with Crippen molar-refractivity contribution in [3.8, 4) is 0 Å². The summed E-state index contributed by atoms with van der Waals surface area (Å²) in [7, 11) is 0. The number of halogens is 1. The Balaban J connectivity index is 2.81. The minimum atomic E-state index is -0.658. The van der Waals surface area contributed by atoms with Crippen molar-refractivity contribution >= 4 is 5.65 Å². The molecular formula is C12H15FN2O. The highest BCUT2D eigenvalue weighted by Gasteiger charge is 2.19. The monoisotopic (exact) mass is 222 g/mol. The lowest BCUT2D eigenvalue weighted by molar-refractivity contribution is 0.191. The molecule has 0 radical (unpaired) electrons. The van der Waals surface area contributed by atoms with Gasteiger partial charge in [-0.2, -0.15) is 0 Å². The number of hydrogen-bond acceptors (Lipinski definition) is 2. The third-order valence-electron chi connectivity index (χ3n) is 2.61. The van der Waals surface area contributed by atoms with Gasteiger partial charge in [-0.25, -0.2) is 9.37 Å². The average molecular weight is 222 g/mol. The number of hydrogen-bond donors (Lipinski definition) is 1. The van der Waals surface area contributed by atoms with Crippen molar-refractivity contribution in [3.63, 3.8) is 0 Å². The van der Waals surface area contributed by atoms with Crippen molar-refractivity contribution in [3.05, 3.63) is 35.5 Å². The highest BCUT2D eigenvalue weighted by atomic mass is 19.1. The minimum Gasteiger partial charge on any atom is -0.387 e. The fourth-order valence-electron chi connectivity index (χ4n) is 1.91. The molecular weight excluding hydrogens is 207 g/mol. The molecule has 0 aromatic carbocycles. The fourth-order valence-corrected chi connectivity index (χ4v) is 1.91. The van der Waals surface area contributed by atoms with Crippen molar-refractivity contribution in [2.45, 2.75) is 32.8 Å². The van der Waals surface area contributed by atoms with Gasteiger partial charge in [-0.05, 0) is 25.0 Å². The molecule has 3 nitrogen and oxygen atoms in total. The van der Waals surface area contributed by atoms with E-state index in [-0.39, 0.29) is 17.4 Å². The van der Waals surface area contributed by atoms with Gasteiger partial charge in [-0.15, -0.1) is 0 Å². The predicted octanol–water partition coefficient (Wildman–Crippen LogP) is 2.65. The lowest BCUT2D eigenvalue weighted by atomic mass is 10.1. The number of imidazole rings is 1. The Bertz CT molecular complexity index is 517. The molecule has 0 saturated carbocycles. The van der Waals surface area contributed by atoms with Gasteiger partial charge in [0.2, 0.25) is 0 Å². The Morgan fingerprint density at radius 1 is 1.38 bits per heavy atom. The molecule has 0 spiro atoms. The Labute approximate surface area is 93.6 Å². The van der Waals surface area contributed by atoms with Crippen molar-refractivity contribution in [2.24, 2.45) is 0 Å². The second kappa shape index (κ2) is 3.87. The van der Waals surface area contributed by atoms with Crippen LogP contribution in [0.3, 0.4) is 0 Å². The van der Waals surface area contributed by atoms with Gasteiger partial charge in [0.15, 0.2) is 11.5 Å². The number of fused-ring (bicyclic) bond motifs is 1. The van der Waals surface area contributed by atoms with E-state index in [1.54, 1.807) is 23.6 Å². The maximum atomic E-state index is 13.5. The van der Waals surface area contributed by atoms with Gasteiger partial charge in [0, 0.05) is 6.20 Å². The molecule has 1 atom stereocenters. The number of aliphatic hydroxyl groups is 1. The number of pyridine rings is 1. The van der Waals surface area contributed by atoms with Crippen LogP contribution in [-0.4, -0.2) is 14.5 Å². The summed E-state index contributed by atoms with van der Waals surface area (Å²) in [6, 6.07) is 2.98. The molecule has 2 heterocycles. The number of aliphatic hydroxyl groups excluding tert-OH is 1. The molecule has 16 heavy (non-hydrogen) atoms. The highest BCUT2D eigenvalue weighted by molar-refractivity contribution is 5.46. The average Bonchev–Trinajstić information content (AvgIpc) is 2.58. The third kappa shape index (κ3) is 1.59. The molecule has 1 N–H and O–H groups in total. The van der Waals surface area contributed by atoms with E-state index in [9.17, 15) is 9.50 Å². The van der Waals surface area contributed by atoms with Crippen molar-refractivity contribution < 1.29 is 9.50 Å². The zero-order valence-electron chi connectivity index (χ0n) is 9.61. The molecule has 1 unspecified atom stereocenters. The van der Waals surface area contributed by atoms with Crippen LogP contribution in [-0.2, 0) is 0 Å². The lowest BCUT2D eigenvalue weighted by Crippen LogP contribution is -2.02. The topological polar surface area (TPSA) is 37.5 Å². The van der Waals surface area contributed by atoms with Crippen molar-refractivity contribution in [1.82, 2.24) is 9.38 Å². The molecule has 0 fully saturated rings. The molecule has 2 aromatic heterocycles. The molecule has 0 aliphatic rings. The van der Waals surface area contributed by atoms with Crippen molar-refractivity contribution in [2.75, 3.05) is 0 Å². The first-order valence-corrected chi connectivity index (χ1v) is 5.36. The summed E-state index contributed by atoms with van der Waals surface area (Å²) in [4.78, 5) is 4.26. The second-order valence-corrected chi connectivity index (χ2v) is 4.26. The SMILES string of the molecule is CC(C)c1nc2c(F)cccn2c1C(C)O. The third-order valence-corrected chi connectivity index (χ3v) is 2.61. The Morgan fingerprint density at radius 3 is 2.62 bits per heavy atom. The first-order valence-electron chi connectivity index (χ1n) is 5.36. The van der Waals surface area contributed by atoms with E-state index in [2.05, 4.69) is 4.98 Å². The molecule has 2 aromatic rings. The van der Waals surface area contributed by atoms with Gasteiger partial charge in [0.1, 0.15) is 0 Å². The quantitative estimate of drug-likeness (QED) is 0.848. The number of rotatable bonds is 2. The normalized spacial score (nSPS) is 13.6. The van der Waals surface area contributed by atoms with E-state index in [1.807, 2.05) is 13.8 Å². The summed E-state index contributed by atoms with van der Waals surface area (Å²) in [5, 5.41) is 9.75. The van der Waals surface area contributed by atoms with Crippen molar-refractivity contribution in [1.29, 1.82) is 0 Å². The summed E-state index contributed by atoms with van der Waals surface area (Å²) in [6.45, 7) is 5.62. The molecule has 86 valence electrons. The van der Waals surface area contributed by atoms with Crippen LogP contribution in [0, 0.1) is 5.82 Å². The zero-order chi connectivity index (χ0) is 11.9. The van der Waals surface area contributed by atoms with Crippen LogP contribution in [0.25, 0.3) is 5.65 Å². The van der Waals surface area contributed by atoms with E-state index in [1.165, 1.54) is 6.07 Å². The smallest absolute Gasteiger partial charge is 0.173 e. The van der Waals surface area contributed by atoms with Crippen LogP contribution >= 0.6 is 0 Å². The van der Waals surface area contributed by atoms with E-state index >= 15 is 0 Å². The summed E-state index contributed by atoms with van der Waals surface area (Å²) < 4.78 is 15.2. The predicted molar refractivity (Wildman–Crippen MR) is 59.9 cm³/mol. The van der Waals surface area contributed by atoms with E-state index in [4.69, 9.17) is 0 Å². The van der Waals surface area contributed by atoms with Gasteiger partial charge in [0.05, 0.1) is 17.5 Å². The number of aromatic nitrogens is 2. The van der Waals surface area contributed by atoms with E-state index in [0.717, 1.165) is 5.69 Å². The van der Waals surface area contributed by atoms with E-state index < -0.39 is 6.10 Å². The van der Waals surface area contributed by atoms with Crippen LogP contribution in [0.15, 0.2) is 18.3 Å². The van der Waals surface area contributed by atoms with E-state index in [0.29, 0.717) is 5.69 Å². The Morgan fingerprint density at radius 2 is 2.06 bits per heavy atom. The van der Waals surface area contributed by atoms with Gasteiger partial charge in [-0.3, -0.25) is 4.40 Å². The second-order valence-electron chi connectivity index (χ2n) is 4.26. The van der Waals surface area contributed by atoms with Gasteiger partial charge >= 0.3 is 0 Å². The standard InChI is InChI=1S/C12H15FN2O/c1-7(2)10-11(8(3)16)15-6-4-5-9(13)12(15)14-10/h4-8,16H,1-3H3. The highest BCUT2D eigenvalue weighted by Crippen LogP contribution is 2.26. The van der Waals surface area contributed by atoms with Gasteiger partial charge in [0.25, 0.3) is 0 Å². The maximum Gasteiger partial charge on any atom is 0.173 e. The molecule has 4 heteroatoms. The van der Waals surface area contributed by atoms with Crippen LogP contribution < -0.4 is 0 Å². The zero-order valence-corrected chi connectivity index (χ0v) is 9.61. The van der Waals surface area contributed by atoms with Crippen LogP contribution in [0.4, 0.5) is 4.39 Å². The largest absolute Gasteiger partial charge is 0.387 e. The summed E-state index contributed by atoms with van der Waals surface area (Å²) >= 11 is 0. The minimum absolute atomic E-state index is 0.156. The summed E-state index contributed by atoms with van der Waals surface area (Å²) in [5.41, 5.74) is 1.70. The molecule has 0 bridgehead atoms. The fraction of sp³-hybridized carbons (Fsp3) is 0.417. The summed E-state index contributed by atoms with van der Waals surface area (Å²) in [5.74, 6) is -0.208. The first kappa shape index (κ1) is 11.1. The molecule has 0 aliphatic carbocycles. The number of nitrogens with zero attached hydrogens (tertiary/aromatic N) is 2. The molecule has 0 saturated heterocycles. The lowest BCUT2D eigenvalue weighted by Gasteiger charge is -2.09. The van der Waals surface area contributed by atoms with Crippen LogP contribution in [0.2, 0.25) is 0 Å². The summed E-state index contributed by atoms with van der Waals surface area (Å²) in [6.07, 6.45) is 1.06. The molecule has 2 rings (SSSR count). The first-order chi connectivity index (χ1) is 7.52. The van der Waals surface area contributed by atoms with Crippen LogP contribution in [0.1, 0.15) is 44.2 Å². The van der Waals surface area contributed by atoms with Crippen LogP contribution in [0.5, 0.6) is 0 Å². The maximum absolute atomic E-state index is 13.5. The molecule has 0 aliphatic heterocycles.